The third-order valence-corrected chi connectivity index (χ3v) is 1.54. The lowest BCUT2D eigenvalue weighted by Crippen LogP contribution is -1.97. The maximum Gasteiger partial charge on any atom is 0.337 e. The number of carboxylic acid groups (broad SMARTS) is 1. The van der Waals surface area contributed by atoms with Gasteiger partial charge in [-0.2, -0.15) is 0 Å². The summed E-state index contributed by atoms with van der Waals surface area (Å²) in [7, 11) is 0. The van der Waals surface area contributed by atoms with Crippen LogP contribution in [-0.4, -0.2) is 11.1 Å². The summed E-state index contributed by atoms with van der Waals surface area (Å²) in [6.45, 7) is 4.00. The maximum atomic E-state index is 10.4. The molecule has 0 atom stereocenters. The van der Waals surface area contributed by atoms with Gasteiger partial charge in [-0.15, -0.1) is 0 Å². The molecule has 0 bridgehead atoms. The van der Waals surface area contributed by atoms with Crippen LogP contribution in [0.4, 0.5) is 5.69 Å². The van der Waals surface area contributed by atoms with Crippen molar-refractivity contribution in [3.63, 3.8) is 0 Å². The Labute approximate surface area is 82.1 Å². The number of carbonyl (C=O) groups is 1. The molecular formula is C9H12ClNO2. The summed E-state index contributed by atoms with van der Waals surface area (Å²) in [6.07, 6.45) is 0. The van der Waals surface area contributed by atoms with Crippen LogP contribution >= 0.6 is 11.6 Å². The van der Waals surface area contributed by atoms with Gasteiger partial charge in [-0.3, -0.25) is 0 Å². The van der Waals surface area contributed by atoms with Gasteiger partial charge in [-0.25, -0.2) is 4.79 Å². The van der Waals surface area contributed by atoms with E-state index >= 15 is 0 Å². The third kappa shape index (κ3) is 3.34. The van der Waals surface area contributed by atoms with Gasteiger partial charge in [0.2, 0.25) is 0 Å². The van der Waals surface area contributed by atoms with Crippen molar-refractivity contribution in [3.8, 4) is 0 Å². The van der Waals surface area contributed by atoms with Crippen molar-refractivity contribution in [1.82, 2.24) is 0 Å². The van der Waals surface area contributed by atoms with Gasteiger partial charge in [0, 0.05) is 5.69 Å². The Hall–Kier alpha value is -1.22. The standard InChI is InChI=1S/C7H6ClNO2.C2H6/c8-6-3-4(9)1-2-5(6)7(10)11;1-2/h1-3H,9H2,(H,10,11);1-2H3. The summed E-state index contributed by atoms with van der Waals surface area (Å²) in [5, 5.41) is 8.70. The topological polar surface area (TPSA) is 63.3 Å². The largest absolute Gasteiger partial charge is 0.478 e. The highest BCUT2D eigenvalue weighted by Crippen LogP contribution is 2.18. The number of carboxylic acids is 1. The van der Waals surface area contributed by atoms with Crippen LogP contribution in [0, 0.1) is 0 Å². The van der Waals surface area contributed by atoms with Gasteiger partial charge in [0.05, 0.1) is 10.6 Å². The second kappa shape index (κ2) is 5.43. The normalized spacial score (nSPS) is 8.54. The van der Waals surface area contributed by atoms with Gasteiger partial charge >= 0.3 is 5.97 Å². The quantitative estimate of drug-likeness (QED) is 0.687. The molecule has 1 aromatic rings. The van der Waals surface area contributed by atoms with Crippen molar-refractivity contribution in [2.24, 2.45) is 0 Å². The molecular weight excluding hydrogens is 190 g/mol. The van der Waals surface area contributed by atoms with Crippen molar-refractivity contribution >= 4 is 23.3 Å². The zero-order chi connectivity index (χ0) is 10.4. The minimum atomic E-state index is -1.05. The first-order valence-corrected chi connectivity index (χ1v) is 4.27. The zero-order valence-corrected chi connectivity index (χ0v) is 8.30. The highest BCUT2D eigenvalue weighted by molar-refractivity contribution is 6.33. The summed E-state index contributed by atoms with van der Waals surface area (Å²) in [4.78, 5) is 10.4. The number of nitrogen functional groups attached to an aromatic ring is 1. The molecule has 0 aliphatic rings. The van der Waals surface area contributed by atoms with E-state index in [1.807, 2.05) is 13.8 Å². The molecule has 0 unspecified atom stereocenters. The Morgan fingerprint density at radius 2 is 2.00 bits per heavy atom. The Bertz CT molecular complexity index is 300. The molecule has 3 nitrogen and oxygen atoms in total. The highest BCUT2D eigenvalue weighted by atomic mass is 35.5. The second-order valence-electron chi connectivity index (χ2n) is 2.04. The van der Waals surface area contributed by atoms with E-state index in [2.05, 4.69) is 0 Å². The van der Waals surface area contributed by atoms with Crippen LogP contribution in [0.25, 0.3) is 0 Å². The molecule has 0 amide bonds. The van der Waals surface area contributed by atoms with E-state index < -0.39 is 5.97 Å². The predicted octanol–water partition coefficient (Wildman–Crippen LogP) is 2.65. The Morgan fingerprint density at radius 1 is 1.46 bits per heavy atom. The van der Waals surface area contributed by atoms with Gasteiger partial charge in [0.1, 0.15) is 0 Å². The molecule has 0 saturated carbocycles. The number of hydrogen-bond donors (Lipinski definition) is 2. The average Bonchev–Trinajstić information content (AvgIpc) is 2.07. The fourth-order valence-corrected chi connectivity index (χ4v) is 0.975. The van der Waals surface area contributed by atoms with Crippen LogP contribution in [-0.2, 0) is 0 Å². The summed E-state index contributed by atoms with van der Waals surface area (Å²) < 4.78 is 0. The van der Waals surface area contributed by atoms with Crippen molar-refractivity contribution in [1.29, 1.82) is 0 Å². The van der Waals surface area contributed by atoms with E-state index in [0.717, 1.165) is 0 Å². The lowest BCUT2D eigenvalue weighted by Gasteiger charge is -1.98. The zero-order valence-electron chi connectivity index (χ0n) is 7.54. The van der Waals surface area contributed by atoms with Crippen LogP contribution in [0.2, 0.25) is 5.02 Å². The van der Waals surface area contributed by atoms with Crippen LogP contribution in [0.5, 0.6) is 0 Å². The molecule has 0 aromatic heterocycles. The third-order valence-electron chi connectivity index (χ3n) is 1.22. The molecule has 3 N–H and O–H groups in total. The molecule has 72 valence electrons. The summed E-state index contributed by atoms with van der Waals surface area (Å²) in [5.41, 5.74) is 5.88. The van der Waals surface area contributed by atoms with Crippen molar-refractivity contribution in [2.45, 2.75) is 13.8 Å². The molecule has 0 radical (unpaired) electrons. The number of halogens is 1. The number of hydrogen-bond acceptors (Lipinski definition) is 2. The lowest BCUT2D eigenvalue weighted by molar-refractivity contribution is 0.0697. The van der Waals surface area contributed by atoms with Crippen LogP contribution < -0.4 is 5.73 Å². The number of nitrogens with two attached hydrogens (primary N) is 1. The molecule has 0 fully saturated rings. The summed E-state index contributed by atoms with van der Waals surface area (Å²) in [6, 6.07) is 4.28. The van der Waals surface area contributed by atoms with E-state index in [0.29, 0.717) is 5.69 Å². The molecule has 1 aromatic carbocycles. The van der Waals surface area contributed by atoms with Crippen LogP contribution in [0.1, 0.15) is 24.2 Å². The molecule has 0 saturated heterocycles. The molecule has 0 aliphatic carbocycles. The predicted molar refractivity (Wildman–Crippen MR) is 54.2 cm³/mol. The van der Waals surface area contributed by atoms with Gasteiger partial charge in [-0.1, -0.05) is 25.4 Å². The van der Waals surface area contributed by atoms with Gasteiger partial charge in [0.25, 0.3) is 0 Å². The number of anilines is 1. The number of benzene rings is 1. The fraction of sp³-hybridized carbons (Fsp3) is 0.222. The Kier molecular flexibility index (Phi) is 4.92. The number of rotatable bonds is 1. The first-order valence-electron chi connectivity index (χ1n) is 3.89. The highest BCUT2D eigenvalue weighted by Gasteiger charge is 2.06. The number of aromatic carboxylic acids is 1. The van der Waals surface area contributed by atoms with Crippen molar-refractivity contribution in [2.75, 3.05) is 5.73 Å². The van der Waals surface area contributed by atoms with Gasteiger partial charge < -0.3 is 10.8 Å². The molecule has 1 rings (SSSR count). The molecule has 0 heterocycles. The Balaban J connectivity index is 0.000000671. The van der Waals surface area contributed by atoms with Crippen LogP contribution in [0.15, 0.2) is 18.2 Å². The van der Waals surface area contributed by atoms with E-state index in [1.165, 1.54) is 18.2 Å². The minimum Gasteiger partial charge on any atom is -0.478 e. The summed E-state index contributed by atoms with van der Waals surface area (Å²) >= 11 is 5.56. The molecule has 0 spiro atoms. The van der Waals surface area contributed by atoms with E-state index in [1.54, 1.807) is 0 Å². The lowest BCUT2D eigenvalue weighted by atomic mass is 10.2. The monoisotopic (exact) mass is 201 g/mol. The van der Waals surface area contributed by atoms with E-state index in [9.17, 15) is 4.79 Å². The van der Waals surface area contributed by atoms with E-state index in [4.69, 9.17) is 22.4 Å². The van der Waals surface area contributed by atoms with Crippen LogP contribution in [0.3, 0.4) is 0 Å². The minimum absolute atomic E-state index is 0.0702. The summed E-state index contributed by atoms with van der Waals surface area (Å²) in [5.74, 6) is -1.05. The molecule has 0 aliphatic heterocycles. The first-order chi connectivity index (χ1) is 6.11. The average molecular weight is 202 g/mol. The first kappa shape index (κ1) is 11.8. The van der Waals surface area contributed by atoms with Gasteiger partial charge in [0.15, 0.2) is 0 Å². The fourth-order valence-electron chi connectivity index (χ4n) is 0.705. The van der Waals surface area contributed by atoms with Crippen molar-refractivity contribution in [3.05, 3.63) is 28.8 Å². The molecule has 13 heavy (non-hydrogen) atoms. The SMILES string of the molecule is CC.Nc1ccc(C(=O)O)c(Cl)c1. The molecule has 4 heteroatoms. The van der Waals surface area contributed by atoms with Gasteiger partial charge in [-0.05, 0) is 18.2 Å². The second-order valence-corrected chi connectivity index (χ2v) is 2.45. The smallest absolute Gasteiger partial charge is 0.337 e. The van der Waals surface area contributed by atoms with Crippen molar-refractivity contribution < 1.29 is 9.90 Å². The maximum absolute atomic E-state index is 10.4. The Morgan fingerprint density at radius 3 is 2.38 bits per heavy atom. The van der Waals surface area contributed by atoms with E-state index in [-0.39, 0.29) is 10.6 Å².